The van der Waals surface area contributed by atoms with Crippen LogP contribution in [0.2, 0.25) is 0 Å². The van der Waals surface area contributed by atoms with Gasteiger partial charge >= 0.3 is 0 Å². The van der Waals surface area contributed by atoms with Crippen molar-refractivity contribution in [1.29, 1.82) is 0 Å². The van der Waals surface area contributed by atoms with Gasteiger partial charge in [0.1, 0.15) is 17.8 Å². The van der Waals surface area contributed by atoms with E-state index in [1.165, 1.54) is 28.0 Å². The largest absolute Gasteiger partial charge is 0.368 e. The number of piperidine rings is 2. The second-order valence-electron chi connectivity index (χ2n) is 11.9. The Labute approximate surface area is 244 Å². The van der Waals surface area contributed by atoms with E-state index in [9.17, 15) is 13.2 Å². The van der Waals surface area contributed by atoms with E-state index in [1.54, 1.807) is 7.05 Å². The summed E-state index contributed by atoms with van der Waals surface area (Å²) in [7, 11) is -1.49. The van der Waals surface area contributed by atoms with E-state index in [0.29, 0.717) is 37.2 Å². The van der Waals surface area contributed by atoms with Gasteiger partial charge in [0.05, 0.1) is 18.5 Å². The molecule has 1 amide bonds. The molecule has 0 unspecified atom stereocenters. The summed E-state index contributed by atoms with van der Waals surface area (Å²) in [6, 6.07) is 8.99. The summed E-state index contributed by atoms with van der Waals surface area (Å²) in [6.45, 7) is 7.80. The Balaban J connectivity index is 1.11. The second-order valence-corrected chi connectivity index (χ2v) is 13.9. The predicted molar refractivity (Wildman–Crippen MR) is 159 cm³/mol. The van der Waals surface area contributed by atoms with Crippen molar-refractivity contribution in [1.82, 2.24) is 24.1 Å². The molecule has 3 aliphatic heterocycles. The first-order valence-corrected chi connectivity index (χ1v) is 16.7. The molecule has 11 heteroatoms. The van der Waals surface area contributed by atoms with Crippen LogP contribution >= 0.6 is 0 Å². The number of amides is 1. The van der Waals surface area contributed by atoms with Crippen LogP contribution in [0.1, 0.15) is 71.8 Å². The molecule has 41 heavy (non-hydrogen) atoms. The number of hydrogen-bond donors (Lipinski definition) is 1. The van der Waals surface area contributed by atoms with Crippen LogP contribution in [-0.4, -0.2) is 103 Å². The molecule has 0 aliphatic carbocycles. The zero-order valence-corrected chi connectivity index (χ0v) is 25.6. The number of rotatable bonds is 8. The summed E-state index contributed by atoms with van der Waals surface area (Å²) in [6.07, 6.45) is 8.43. The van der Waals surface area contributed by atoms with Gasteiger partial charge in [-0.25, -0.2) is 22.7 Å². The van der Waals surface area contributed by atoms with Crippen LogP contribution in [-0.2, 0) is 14.8 Å². The standard InChI is InChI=1S/C30H44N6O4S/c1-21-6-5-7-23(18-21)27-9-8-26(40-27)19-31-29-22(2)28(32-20-33-29)30(37)36-16-12-25(13-17-36)35-14-10-24(11-15-35)34(3)41(4,38)39/h5-7,18,20,24-27H,8-17,19H2,1-4H3,(H,31,32,33)/t26-,27-/m1/s1. The topological polar surface area (TPSA) is 108 Å². The third-order valence-corrected chi connectivity index (χ3v) is 10.5. The third-order valence-electron chi connectivity index (χ3n) is 9.11. The summed E-state index contributed by atoms with van der Waals surface area (Å²) in [4.78, 5) is 26.6. The number of hydrogen-bond acceptors (Lipinski definition) is 8. The highest BCUT2D eigenvalue weighted by molar-refractivity contribution is 7.88. The summed E-state index contributed by atoms with van der Waals surface area (Å²) in [5.41, 5.74) is 3.69. The lowest BCUT2D eigenvalue weighted by Crippen LogP contribution is -2.52. The number of carbonyl (C=O) groups is 1. The lowest BCUT2D eigenvalue weighted by atomic mass is 9.97. The maximum absolute atomic E-state index is 13.5. The minimum atomic E-state index is -3.17. The van der Waals surface area contributed by atoms with E-state index in [1.807, 2.05) is 11.8 Å². The molecule has 10 nitrogen and oxygen atoms in total. The van der Waals surface area contributed by atoms with Gasteiger partial charge in [0, 0.05) is 44.3 Å². The zero-order valence-electron chi connectivity index (χ0n) is 24.8. The van der Waals surface area contributed by atoms with Crippen molar-refractivity contribution in [3.63, 3.8) is 0 Å². The van der Waals surface area contributed by atoms with Crippen molar-refractivity contribution in [3.05, 3.63) is 53.0 Å². The number of aryl methyl sites for hydroxylation is 1. The van der Waals surface area contributed by atoms with Crippen LogP contribution < -0.4 is 5.32 Å². The number of carbonyl (C=O) groups excluding carboxylic acids is 1. The average molecular weight is 585 g/mol. The molecule has 0 radical (unpaired) electrons. The van der Waals surface area contributed by atoms with Gasteiger partial charge in [-0.2, -0.15) is 0 Å². The number of nitrogens with zero attached hydrogens (tertiary/aromatic N) is 5. The van der Waals surface area contributed by atoms with Gasteiger partial charge in [-0.05, 0) is 71.0 Å². The van der Waals surface area contributed by atoms with E-state index in [-0.39, 0.29) is 24.2 Å². The van der Waals surface area contributed by atoms with Gasteiger partial charge in [-0.15, -0.1) is 0 Å². The minimum Gasteiger partial charge on any atom is -0.368 e. The molecule has 3 aliphatic rings. The van der Waals surface area contributed by atoms with Gasteiger partial charge in [0.15, 0.2) is 0 Å². The molecule has 5 rings (SSSR count). The fourth-order valence-corrected chi connectivity index (χ4v) is 7.25. The summed E-state index contributed by atoms with van der Waals surface area (Å²) < 4.78 is 31.6. The molecule has 2 aromatic rings. The number of nitrogens with one attached hydrogen (secondary N) is 1. The predicted octanol–water partition coefficient (Wildman–Crippen LogP) is 3.39. The Morgan fingerprint density at radius 3 is 2.46 bits per heavy atom. The molecular weight excluding hydrogens is 540 g/mol. The molecule has 2 atom stereocenters. The Hall–Kier alpha value is -2.60. The summed E-state index contributed by atoms with van der Waals surface area (Å²) >= 11 is 0. The number of ether oxygens (including phenoxy) is 1. The zero-order chi connectivity index (χ0) is 29.1. The Kier molecular flexibility index (Phi) is 9.27. The fourth-order valence-electron chi connectivity index (χ4n) is 6.50. The van der Waals surface area contributed by atoms with Gasteiger partial charge < -0.3 is 19.9 Å². The van der Waals surface area contributed by atoms with Crippen molar-refractivity contribution < 1.29 is 17.9 Å². The van der Waals surface area contributed by atoms with Gasteiger partial charge in [-0.3, -0.25) is 4.79 Å². The number of aromatic nitrogens is 2. The van der Waals surface area contributed by atoms with Crippen LogP contribution in [0.15, 0.2) is 30.6 Å². The highest BCUT2D eigenvalue weighted by Crippen LogP contribution is 2.33. The van der Waals surface area contributed by atoms with Crippen molar-refractivity contribution in [2.24, 2.45) is 0 Å². The second kappa shape index (κ2) is 12.7. The molecule has 1 aromatic heterocycles. The van der Waals surface area contributed by atoms with Gasteiger partial charge in [-0.1, -0.05) is 29.8 Å². The van der Waals surface area contributed by atoms with Gasteiger partial charge in [0.25, 0.3) is 5.91 Å². The number of sulfonamides is 1. The SMILES string of the molecule is Cc1cccc([C@H]2CC[C@H](CNc3ncnc(C(=O)N4CCC(N5CCC(N(C)S(C)(=O)=O)CC5)CC4)c3C)O2)c1. The normalized spacial score (nSPS) is 23.3. The lowest BCUT2D eigenvalue weighted by Gasteiger charge is -2.43. The highest BCUT2D eigenvalue weighted by Gasteiger charge is 2.33. The molecule has 224 valence electrons. The van der Waals surface area contributed by atoms with E-state index in [0.717, 1.165) is 57.2 Å². The summed E-state index contributed by atoms with van der Waals surface area (Å²) in [5, 5.41) is 3.41. The van der Waals surface area contributed by atoms with E-state index in [2.05, 4.69) is 51.4 Å². The molecule has 0 bridgehead atoms. The average Bonchev–Trinajstić information content (AvgIpc) is 3.45. The molecule has 1 N–H and O–H groups in total. The van der Waals surface area contributed by atoms with E-state index < -0.39 is 10.0 Å². The smallest absolute Gasteiger partial charge is 0.272 e. The monoisotopic (exact) mass is 584 g/mol. The van der Waals surface area contributed by atoms with Crippen molar-refractivity contribution in [2.75, 3.05) is 51.3 Å². The third kappa shape index (κ3) is 7.07. The Morgan fingerprint density at radius 2 is 1.78 bits per heavy atom. The number of anilines is 1. The summed E-state index contributed by atoms with van der Waals surface area (Å²) in [5.74, 6) is 0.638. The molecule has 0 spiro atoms. The molecule has 4 heterocycles. The fraction of sp³-hybridized carbons (Fsp3) is 0.633. The first-order valence-electron chi connectivity index (χ1n) is 14.8. The lowest BCUT2D eigenvalue weighted by molar-refractivity contribution is 0.0521. The first-order chi connectivity index (χ1) is 19.6. The number of benzene rings is 1. The quantitative estimate of drug-likeness (QED) is 0.503. The Bertz CT molecular complexity index is 1320. The van der Waals surface area contributed by atoms with Crippen LogP contribution in [0.25, 0.3) is 0 Å². The van der Waals surface area contributed by atoms with Crippen molar-refractivity contribution >= 4 is 21.7 Å². The van der Waals surface area contributed by atoms with E-state index >= 15 is 0 Å². The molecule has 3 saturated heterocycles. The minimum absolute atomic E-state index is 0.0449. The molecule has 0 saturated carbocycles. The van der Waals surface area contributed by atoms with Gasteiger partial charge in [0.2, 0.25) is 10.0 Å². The maximum atomic E-state index is 13.5. The number of likely N-dealkylation sites (tertiary alicyclic amines) is 2. The van der Waals surface area contributed by atoms with Crippen LogP contribution in [0, 0.1) is 13.8 Å². The molecule has 3 fully saturated rings. The highest BCUT2D eigenvalue weighted by atomic mass is 32.2. The van der Waals surface area contributed by atoms with Crippen LogP contribution in [0.4, 0.5) is 5.82 Å². The van der Waals surface area contributed by atoms with Crippen molar-refractivity contribution in [3.8, 4) is 0 Å². The molecular formula is C30H44N6O4S. The molecule has 1 aromatic carbocycles. The van der Waals surface area contributed by atoms with Crippen LogP contribution in [0.3, 0.4) is 0 Å². The maximum Gasteiger partial charge on any atom is 0.272 e. The first kappa shape index (κ1) is 29.9. The van der Waals surface area contributed by atoms with E-state index in [4.69, 9.17) is 4.74 Å². The van der Waals surface area contributed by atoms with Crippen LogP contribution in [0.5, 0.6) is 0 Å². The van der Waals surface area contributed by atoms with Crippen molar-refractivity contribution in [2.45, 2.75) is 76.7 Å². The Morgan fingerprint density at radius 1 is 1.05 bits per heavy atom.